The van der Waals surface area contributed by atoms with Crippen molar-refractivity contribution in [1.29, 1.82) is 0 Å². The highest BCUT2D eigenvalue weighted by molar-refractivity contribution is 6.31. The summed E-state index contributed by atoms with van der Waals surface area (Å²) in [6, 6.07) is 9.02. The summed E-state index contributed by atoms with van der Waals surface area (Å²) in [6.45, 7) is 6.32. The van der Waals surface area contributed by atoms with E-state index in [9.17, 15) is 9.59 Å². The molecule has 0 atom stereocenters. The normalized spacial score (nSPS) is 14.3. The Morgan fingerprint density at radius 2 is 1.85 bits per heavy atom. The second-order valence-corrected chi connectivity index (χ2v) is 6.74. The molecule has 0 spiro atoms. The van der Waals surface area contributed by atoms with Crippen LogP contribution in [0.2, 0.25) is 5.02 Å². The Morgan fingerprint density at radius 3 is 2.54 bits per heavy atom. The molecule has 1 aromatic heterocycles. The topological polar surface area (TPSA) is 65.5 Å². The van der Waals surface area contributed by atoms with Gasteiger partial charge in [-0.05, 0) is 36.8 Å². The van der Waals surface area contributed by atoms with E-state index in [1.54, 1.807) is 31.3 Å². The maximum Gasteiger partial charge on any atom is 0.274 e. The van der Waals surface area contributed by atoms with E-state index in [4.69, 9.17) is 11.6 Å². The molecule has 136 valence electrons. The number of hydrogen-bond donors (Lipinski definition) is 1. The van der Waals surface area contributed by atoms with Crippen molar-refractivity contribution in [3.8, 4) is 0 Å². The molecule has 7 heteroatoms. The van der Waals surface area contributed by atoms with E-state index in [1.807, 2.05) is 24.0 Å². The largest absolute Gasteiger partial charge is 0.368 e. The third kappa shape index (κ3) is 4.14. The number of halogens is 1. The van der Waals surface area contributed by atoms with Crippen LogP contribution in [0.15, 0.2) is 36.5 Å². The molecular weight excluding hydrogens is 352 g/mol. The monoisotopic (exact) mass is 372 g/mol. The van der Waals surface area contributed by atoms with Gasteiger partial charge in [0.2, 0.25) is 5.91 Å². The fourth-order valence-electron chi connectivity index (χ4n) is 2.94. The number of piperazine rings is 1. The maximum absolute atomic E-state index is 12.6. The van der Waals surface area contributed by atoms with Crippen molar-refractivity contribution >= 4 is 34.8 Å². The van der Waals surface area contributed by atoms with Gasteiger partial charge in [0.25, 0.3) is 5.91 Å². The summed E-state index contributed by atoms with van der Waals surface area (Å²) in [5.41, 5.74) is 2.87. The molecule has 3 rings (SSSR count). The molecule has 0 saturated carbocycles. The number of carbonyl (C=O) groups excluding carboxylic acids is 2. The Morgan fingerprint density at radius 1 is 1.12 bits per heavy atom. The highest BCUT2D eigenvalue weighted by Crippen LogP contribution is 2.22. The highest BCUT2D eigenvalue weighted by atomic mass is 35.5. The minimum atomic E-state index is -0.278. The zero-order valence-electron chi connectivity index (χ0n) is 14.8. The van der Waals surface area contributed by atoms with Gasteiger partial charge in [0.05, 0.1) is 0 Å². The lowest BCUT2D eigenvalue weighted by Crippen LogP contribution is -2.48. The summed E-state index contributed by atoms with van der Waals surface area (Å²) in [5, 5.41) is 3.43. The maximum atomic E-state index is 12.6. The van der Waals surface area contributed by atoms with Crippen LogP contribution in [0, 0.1) is 6.92 Å². The van der Waals surface area contributed by atoms with Crippen LogP contribution >= 0.6 is 11.6 Å². The molecule has 1 aliphatic rings. The molecule has 26 heavy (non-hydrogen) atoms. The van der Waals surface area contributed by atoms with Crippen LogP contribution in [0.5, 0.6) is 0 Å². The van der Waals surface area contributed by atoms with Crippen molar-refractivity contribution in [2.24, 2.45) is 0 Å². The van der Waals surface area contributed by atoms with Gasteiger partial charge in [-0.2, -0.15) is 0 Å². The Bertz CT molecular complexity index is 832. The summed E-state index contributed by atoms with van der Waals surface area (Å²) in [4.78, 5) is 32.2. The van der Waals surface area contributed by atoms with Crippen LogP contribution in [0.4, 0.5) is 11.4 Å². The number of benzene rings is 1. The molecule has 1 fully saturated rings. The van der Waals surface area contributed by atoms with Gasteiger partial charge < -0.3 is 15.1 Å². The summed E-state index contributed by atoms with van der Waals surface area (Å²) in [7, 11) is 0. The zero-order chi connectivity index (χ0) is 18.7. The van der Waals surface area contributed by atoms with Crippen LogP contribution in [0.1, 0.15) is 23.0 Å². The summed E-state index contributed by atoms with van der Waals surface area (Å²) < 4.78 is 0. The number of aryl methyl sites for hydroxylation is 1. The van der Waals surface area contributed by atoms with E-state index < -0.39 is 0 Å². The first-order valence-corrected chi connectivity index (χ1v) is 8.86. The Hall–Kier alpha value is -2.60. The number of amides is 2. The van der Waals surface area contributed by atoms with Gasteiger partial charge in [-0.15, -0.1) is 0 Å². The standard InChI is InChI=1S/C19H21ClN4O2/c1-13-3-4-15(20)11-17(13)22-19(26)18-12-16(5-6-21-18)24-9-7-23(8-10-24)14(2)25/h3-6,11-12H,7-10H2,1-2H3,(H,22,26). The minimum Gasteiger partial charge on any atom is -0.368 e. The average Bonchev–Trinajstić information content (AvgIpc) is 2.65. The SMILES string of the molecule is CC(=O)N1CCN(c2ccnc(C(=O)Nc3cc(Cl)ccc3C)c2)CC1. The Balaban J connectivity index is 1.72. The molecule has 1 aliphatic heterocycles. The van der Waals surface area contributed by atoms with Crippen LogP contribution in [-0.4, -0.2) is 47.9 Å². The second kappa shape index (κ2) is 7.74. The molecule has 2 aromatic rings. The van der Waals surface area contributed by atoms with Crippen molar-refractivity contribution in [2.45, 2.75) is 13.8 Å². The summed E-state index contributed by atoms with van der Waals surface area (Å²) in [6.07, 6.45) is 1.63. The number of carbonyl (C=O) groups is 2. The third-order valence-electron chi connectivity index (χ3n) is 4.51. The molecule has 0 radical (unpaired) electrons. The Kier molecular flexibility index (Phi) is 5.42. The zero-order valence-corrected chi connectivity index (χ0v) is 15.6. The quantitative estimate of drug-likeness (QED) is 0.899. The van der Waals surface area contributed by atoms with Gasteiger partial charge in [0.1, 0.15) is 5.69 Å². The number of anilines is 2. The van der Waals surface area contributed by atoms with Gasteiger partial charge in [-0.25, -0.2) is 0 Å². The number of pyridine rings is 1. The van der Waals surface area contributed by atoms with Crippen LogP contribution in [0.25, 0.3) is 0 Å². The van der Waals surface area contributed by atoms with E-state index in [2.05, 4.69) is 15.2 Å². The van der Waals surface area contributed by atoms with Crippen molar-refractivity contribution in [2.75, 3.05) is 36.4 Å². The van der Waals surface area contributed by atoms with Gasteiger partial charge in [0, 0.05) is 55.7 Å². The smallest absolute Gasteiger partial charge is 0.274 e. The first kappa shape index (κ1) is 18.2. The number of nitrogens with one attached hydrogen (secondary N) is 1. The molecule has 1 N–H and O–H groups in total. The van der Waals surface area contributed by atoms with E-state index in [0.29, 0.717) is 29.5 Å². The second-order valence-electron chi connectivity index (χ2n) is 6.31. The lowest BCUT2D eigenvalue weighted by Gasteiger charge is -2.35. The molecule has 0 bridgehead atoms. The minimum absolute atomic E-state index is 0.0938. The number of nitrogens with zero attached hydrogens (tertiary/aromatic N) is 3. The number of rotatable bonds is 3. The first-order chi connectivity index (χ1) is 12.4. The van der Waals surface area contributed by atoms with Crippen molar-refractivity contribution in [3.05, 3.63) is 52.8 Å². The third-order valence-corrected chi connectivity index (χ3v) is 4.75. The van der Waals surface area contributed by atoms with Crippen molar-refractivity contribution in [1.82, 2.24) is 9.88 Å². The van der Waals surface area contributed by atoms with E-state index >= 15 is 0 Å². The molecule has 2 heterocycles. The van der Waals surface area contributed by atoms with Gasteiger partial charge in [-0.3, -0.25) is 14.6 Å². The predicted molar refractivity (Wildman–Crippen MR) is 103 cm³/mol. The molecule has 0 aliphatic carbocycles. The molecule has 0 unspecified atom stereocenters. The van der Waals surface area contributed by atoms with Crippen molar-refractivity contribution < 1.29 is 9.59 Å². The fraction of sp³-hybridized carbons (Fsp3) is 0.316. The van der Waals surface area contributed by atoms with Crippen molar-refractivity contribution in [3.63, 3.8) is 0 Å². The number of aromatic nitrogens is 1. The number of hydrogen-bond acceptors (Lipinski definition) is 4. The van der Waals surface area contributed by atoms with Crippen LogP contribution in [-0.2, 0) is 4.79 Å². The van der Waals surface area contributed by atoms with Crippen LogP contribution < -0.4 is 10.2 Å². The van der Waals surface area contributed by atoms with Gasteiger partial charge in [-0.1, -0.05) is 17.7 Å². The van der Waals surface area contributed by atoms with Crippen LogP contribution in [0.3, 0.4) is 0 Å². The van der Waals surface area contributed by atoms with E-state index in [1.165, 1.54) is 0 Å². The fourth-order valence-corrected chi connectivity index (χ4v) is 3.11. The first-order valence-electron chi connectivity index (χ1n) is 8.48. The molecule has 2 amide bonds. The highest BCUT2D eigenvalue weighted by Gasteiger charge is 2.20. The lowest BCUT2D eigenvalue weighted by atomic mass is 10.2. The summed E-state index contributed by atoms with van der Waals surface area (Å²) in [5.74, 6) is -0.184. The van der Waals surface area contributed by atoms with Gasteiger partial charge in [0.15, 0.2) is 0 Å². The lowest BCUT2D eigenvalue weighted by molar-refractivity contribution is -0.129. The molecular formula is C19H21ClN4O2. The Labute approximate surface area is 157 Å². The molecule has 1 saturated heterocycles. The average molecular weight is 373 g/mol. The molecule has 6 nitrogen and oxygen atoms in total. The molecule has 1 aromatic carbocycles. The summed E-state index contributed by atoms with van der Waals surface area (Å²) >= 11 is 6.01. The van der Waals surface area contributed by atoms with E-state index in [-0.39, 0.29) is 11.8 Å². The predicted octanol–water partition coefficient (Wildman–Crippen LogP) is 2.96. The van der Waals surface area contributed by atoms with Gasteiger partial charge >= 0.3 is 0 Å². The van der Waals surface area contributed by atoms with E-state index in [0.717, 1.165) is 24.3 Å².